The van der Waals surface area contributed by atoms with Gasteiger partial charge in [-0.3, -0.25) is 14.7 Å². The van der Waals surface area contributed by atoms with Crippen LogP contribution in [0, 0.1) is 0 Å². The van der Waals surface area contributed by atoms with Crippen LogP contribution in [0.15, 0.2) is 41.3 Å². The highest BCUT2D eigenvalue weighted by Crippen LogP contribution is 2.28. The first-order valence-electron chi connectivity index (χ1n) is 8.75. The number of nitrogens with zero attached hydrogens (tertiary/aromatic N) is 4. The van der Waals surface area contributed by atoms with Crippen molar-refractivity contribution in [3.63, 3.8) is 0 Å². The van der Waals surface area contributed by atoms with Gasteiger partial charge in [-0.05, 0) is 30.5 Å². The first kappa shape index (κ1) is 16.2. The van der Waals surface area contributed by atoms with Crippen molar-refractivity contribution in [3.05, 3.63) is 48.1 Å². The molecule has 2 fully saturated rings. The van der Waals surface area contributed by atoms with E-state index in [1.807, 2.05) is 17.0 Å². The van der Waals surface area contributed by atoms with Gasteiger partial charge in [-0.1, -0.05) is 5.16 Å². The van der Waals surface area contributed by atoms with E-state index in [1.165, 1.54) is 11.8 Å². The van der Waals surface area contributed by atoms with Crippen molar-refractivity contribution < 1.29 is 14.1 Å². The first-order chi connectivity index (χ1) is 12.3. The Hall–Kier alpha value is -2.25. The van der Waals surface area contributed by atoms with Gasteiger partial charge in [0, 0.05) is 44.1 Å². The fraction of sp³-hybridized carbons (Fsp3) is 0.500. The Morgan fingerprint density at radius 3 is 2.64 bits per heavy atom. The Balaban J connectivity index is 1.58. The molecule has 7 heteroatoms. The third-order valence-corrected chi connectivity index (χ3v) is 5.13. The second-order valence-corrected chi connectivity index (χ2v) is 6.51. The molecule has 7 nitrogen and oxygen atoms in total. The largest absolute Gasteiger partial charge is 0.379 e. The van der Waals surface area contributed by atoms with Crippen LogP contribution in [-0.2, 0) is 11.2 Å². The van der Waals surface area contributed by atoms with Gasteiger partial charge in [0.2, 0.25) is 5.76 Å². The Labute approximate surface area is 146 Å². The van der Waals surface area contributed by atoms with Crippen LogP contribution in [0.25, 0.3) is 0 Å². The summed E-state index contributed by atoms with van der Waals surface area (Å²) in [4.78, 5) is 21.4. The molecule has 0 unspecified atom stereocenters. The second kappa shape index (κ2) is 7.33. The van der Waals surface area contributed by atoms with Crippen LogP contribution >= 0.6 is 0 Å². The lowest BCUT2D eigenvalue weighted by molar-refractivity contribution is 0.00834. The maximum atomic E-state index is 12.9. The lowest BCUT2D eigenvalue weighted by Gasteiger charge is -2.37. The fourth-order valence-electron chi connectivity index (χ4n) is 3.90. The number of carbonyl (C=O) groups excluding carboxylic acids is 1. The van der Waals surface area contributed by atoms with Crippen LogP contribution in [0.1, 0.15) is 22.5 Å². The molecule has 2 saturated heterocycles. The van der Waals surface area contributed by atoms with E-state index in [-0.39, 0.29) is 11.9 Å². The van der Waals surface area contributed by atoms with E-state index in [0.29, 0.717) is 11.8 Å². The summed E-state index contributed by atoms with van der Waals surface area (Å²) in [5, 5.41) is 3.67. The number of amides is 1. The van der Waals surface area contributed by atoms with E-state index in [9.17, 15) is 4.79 Å². The summed E-state index contributed by atoms with van der Waals surface area (Å²) in [5.41, 5.74) is 1.19. The van der Waals surface area contributed by atoms with Crippen molar-refractivity contribution in [1.82, 2.24) is 19.9 Å². The highest BCUT2D eigenvalue weighted by molar-refractivity contribution is 5.91. The summed E-state index contributed by atoms with van der Waals surface area (Å²) in [6, 6.07) is 6.12. The van der Waals surface area contributed by atoms with Gasteiger partial charge < -0.3 is 14.2 Å². The van der Waals surface area contributed by atoms with Gasteiger partial charge in [0.05, 0.1) is 25.5 Å². The van der Waals surface area contributed by atoms with E-state index < -0.39 is 0 Å². The van der Waals surface area contributed by atoms with E-state index in [0.717, 1.165) is 45.7 Å². The average molecular weight is 342 g/mol. The summed E-state index contributed by atoms with van der Waals surface area (Å²) in [5.74, 6) is 0.231. The summed E-state index contributed by atoms with van der Waals surface area (Å²) in [6.07, 6.45) is 6.90. The van der Waals surface area contributed by atoms with Gasteiger partial charge in [-0.2, -0.15) is 0 Å². The Kier molecular flexibility index (Phi) is 4.76. The number of morpholine rings is 1. The average Bonchev–Trinajstić information content (AvgIpc) is 3.33. The normalized spacial score (nSPS) is 24.6. The molecule has 2 aliphatic heterocycles. The first-order valence-corrected chi connectivity index (χ1v) is 8.75. The third-order valence-electron chi connectivity index (χ3n) is 5.13. The molecular weight excluding hydrogens is 320 g/mol. The zero-order chi connectivity index (χ0) is 17.1. The molecule has 4 heterocycles. The molecule has 2 aromatic rings. The van der Waals surface area contributed by atoms with Gasteiger partial charge in [0.25, 0.3) is 5.91 Å². The molecule has 0 spiro atoms. The number of carbonyl (C=O) groups is 1. The van der Waals surface area contributed by atoms with Crippen molar-refractivity contribution in [3.8, 4) is 0 Å². The Morgan fingerprint density at radius 2 is 1.92 bits per heavy atom. The highest BCUT2D eigenvalue weighted by atomic mass is 16.5. The lowest BCUT2D eigenvalue weighted by atomic mass is 9.99. The van der Waals surface area contributed by atoms with Gasteiger partial charge in [0.1, 0.15) is 0 Å². The molecular formula is C18H22N4O3. The molecule has 0 aliphatic carbocycles. The molecule has 2 aromatic heterocycles. The number of likely N-dealkylation sites (tertiary alicyclic amines) is 1. The smallest absolute Gasteiger partial charge is 0.292 e. The molecule has 0 saturated carbocycles. The van der Waals surface area contributed by atoms with Crippen molar-refractivity contribution in [2.75, 3.05) is 32.8 Å². The standard InChI is InChI=1S/C18H22N4O3/c23-18(17-3-7-20-25-17)22-8-4-15(21-9-11-24-12-10-21)16(22)13-14-1-5-19-6-2-14/h1-3,5-7,15-16H,4,8-13H2/t15-,16+/m0/s1. The SMILES string of the molecule is O=C(c1ccno1)N1CC[C@H](N2CCOCC2)[C@H]1Cc1ccncc1. The van der Waals surface area contributed by atoms with Gasteiger partial charge >= 0.3 is 0 Å². The summed E-state index contributed by atoms with van der Waals surface area (Å²) in [6.45, 7) is 4.09. The van der Waals surface area contributed by atoms with Gasteiger partial charge in [-0.25, -0.2) is 0 Å². The minimum atomic E-state index is -0.0766. The number of aromatic nitrogens is 2. The maximum absolute atomic E-state index is 12.9. The molecule has 0 bridgehead atoms. The van der Waals surface area contributed by atoms with E-state index in [2.05, 4.69) is 15.0 Å². The topological polar surface area (TPSA) is 71.7 Å². The van der Waals surface area contributed by atoms with Crippen LogP contribution in [0.2, 0.25) is 0 Å². The molecule has 1 amide bonds. The van der Waals surface area contributed by atoms with E-state index in [4.69, 9.17) is 9.26 Å². The van der Waals surface area contributed by atoms with Crippen LogP contribution in [-0.4, -0.2) is 70.8 Å². The minimum Gasteiger partial charge on any atom is -0.379 e. The molecule has 132 valence electrons. The summed E-state index contributed by atoms with van der Waals surface area (Å²) >= 11 is 0. The Bertz CT molecular complexity index is 686. The lowest BCUT2D eigenvalue weighted by Crippen LogP contribution is -2.51. The number of hydrogen-bond donors (Lipinski definition) is 0. The number of rotatable bonds is 4. The van der Waals surface area contributed by atoms with Gasteiger partial charge in [-0.15, -0.1) is 0 Å². The monoisotopic (exact) mass is 342 g/mol. The Morgan fingerprint density at radius 1 is 1.12 bits per heavy atom. The zero-order valence-electron chi connectivity index (χ0n) is 14.1. The van der Waals surface area contributed by atoms with E-state index >= 15 is 0 Å². The maximum Gasteiger partial charge on any atom is 0.292 e. The van der Waals surface area contributed by atoms with Crippen molar-refractivity contribution in [2.24, 2.45) is 0 Å². The minimum absolute atomic E-state index is 0.0766. The van der Waals surface area contributed by atoms with Crippen molar-refractivity contribution in [1.29, 1.82) is 0 Å². The fourth-order valence-corrected chi connectivity index (χ4v) is 3.90. The van der Waals surface area contributed by atoms with Crippen LogP contribution in [0.5, 0.6) is 0 Å². The molecule has 0 radical (unpaired) electrons. The molecule has 25 heavy (non-hydrogen) atoms. The van der Waals surface area contributed by atoms with E-state index in [1.54, 1.807) is 18.5 Å². The molecule has 4 rings (SSSR count). The van der Waals surface area contributed by atoms with Crippen molar-refractivity contribution >= 4 is 5.91 Å². The number of hydrogen-bond acceptors (Lipinski definition) is 6. The molecule has 0 aromatic carbocycles. The summed E-state index contributed by atoms with van der Waals surface area (Å²) < 4.78 is 10.6. The van der Waals surface area contributed by atoms with Crippen LogP contribution in [0.3, 0.4) is 0 Å². The number of pyridine rings is 1. The second-order valence-electron chi connectivity index (χ2n) is 6.51. The van der Waals surface area contributed by atoms with Crippen molar-refractivity contribution in [2.45, 2.75) is 24.9 Å². The van der Waals surface area contributed by atoms with Gasteiger partial charge in [0.15, 0.2) is 0 Å². The van der Waals surface area contributed by atoms with Crippen LogP contribution < -0.4 is 0 Å². The third kappa shape index (κ3) is 3.43. The number of ether oxygens (including phenoxy) is 1. The molecule has 2 aliphatic rings. The summed E-state index contributed by atoms with van der Waals surface area (Å²) in [7, 11) is 0. The predicted molar refractivity (Wildman–Crippen MR) is 90.1 cm³/mol. The molecule has 2 atom stereocenters. The quantitative estimate of drug-likeness (QED) is 0.832. The predicted octanol–water partition coefficient (Wildman–Crippen LogP) is 1.23. The highest BCUT2D eigenvalue weighted by Gasteiger charge is 2.41. The zero-order valence-corrected chi connectivity index (χ0v) is 14.1. The molecule has 0 N–H and O–H groups in total. The van der Waals surface area contributed by atoms with Crippen LogP contribution in [0.4, 0.5) is 0 Å².